The van der Waals surface area contributed by atoms with Gasteiger partial charge in [0.25, 0.3) is 0 Å². The SMILES string of the molecule is CCc1ccc([C@H]2NC(=O)NC(C)=C2C(=O)c2ccc(Cl)cc2)cc1. The van der Waals surface area contributed by atoms with Gasteiger partial charge in [0.05, 0.1) is 6.04 Å². The summed E-state index contributed by atoms with van der Waals surface area (Å²) in [6.45, 7) is 3.83. The minimum absolute atomic E-state index is 0.133. The molecule has 1 atom stereocenters. The summed E-state index contributed by atoms with van der Waals surface area (Å²) in [7, 11) is 0. The zero-order valence-corrected chi connectivity index (χ0v) is 14.9. The van der Waals surface area contributed by atoms with Crippen LogP contribution < -0.4 is 10.6 Å². The Hall–Kier alpha value is -2.59. The molecule has 0 saturated carbocycles. The van der Waals surface area contributed by atoms with Crippen LogP contribution in [0.15, 0.2) is 59.8 Å². The summed E-state index contributed by atoms with van der Waals surface area (Å²) < 4.78 is 0. The van der Waals surface area contributed by atoms with Crippen LogP contribution in [0.4, 0.5) is 4.79 Å². The van der Waals surface area contributed by atoms with Gasteiger partial charge in [-0.25, -0.2) is 4.79 Å². The van der Waals surface area contributed by atoms with E-state index in [4.69, 9.17) is 11.6 Å². The molecule has 0 aromatic heterocycles. The number of hydrogen-bond donors (Lipinski definition) is 2. The van der Waals surface area contributed by atoms with Crippen molar-refractivity contribution in [2.75, 3.05) is 0 Å². The fourth-order valence-electron chi connectivity index (χ4n) is 2.95. The van der Waals surface area contributed by atoms with Crippen LogP contribution in [0.5, 0.6) is 0 Å². The van der Waals surface area contributed by atoms with Crippen LogP contribution >= 0.6 is 11.6 Å². The van der Waals surface area contributed by atoms with Gasteiger partial charge in [-0.3, -0.25) is 4.79 Å². The van der Waals surface area contributed by atoms with Gasteiger partial charge in [-0.2, -0.15) is 0 Å². The van der Waals surface area contributed by atoms with Crippen molar-refractivity contribution in [2.45, 2.75) is 26.3 Å². The lowest BCUT2D eigenvalue weighted by Gasteiger charge is -2.28. The van der Waals surface area contributed by atoms with Gasteiger partial charge >= 0.3 is 6.03 Å². The van der Waals surface area contributed by atoms with Gasteiger partial charge in [0.2, 0.25) is 0 Å². The topological polar surface area (TPSA) is 58.2 Å². The molecule has 0 spiro atoms. The van der Waals surface area contributed by atoms with E-state index in [-0.39, 0.29) is 11.8 Å². The van der Waals surface area contributed by atoms with Gasteiger partial charge in [0.15, 0.2) is 5.78 Å². The average Bonchev–Trinajstić information content (AvgIpc) is 2.61. The molecule has 0 saturated heterocycles. The van der Waals surface area contributed by atoms with Crippen molar-refractivity contribution in [2.24, 2.45) is 0 Å². The van der Waals surface area contributed by atoms with Crippen LogP contribution in [0.2, 0.25) is 5.02 Å². The summed E-state index contributed by atoms with van der Waals surface area (Å²) in [4.78, 5) is 25.0. The smallest absolute Gasteiger partial charge is 0.319 e. The molecule has 5 heteroatoms. The van der Waals surface area contributed by atoms with E-state index in [9.17, 15) is 9.59 Å². The van der Waals surface area contributed by atoms with E-state index < -0.39 is 6.04 Å². The second kappa shape index (κ2) is 7.11. The molecule has 128 valence electrons. The fraction of sp³-hybridized carbons (Fsp3) is 0.200. The number of halogens is 1. The highest BCUT2D eigenvalue weighted by molar-refractivity contribution is 6.30. The number of carbonyl (C=O) groups excluding carboxylic acids is 2. The van der Waals surface area contributed by atoms with Gasteiger partial charge in [-0.15, -0.1) is 0 Å². The lowest BCUT2D eigenvalue weighted by molar-refractivity contribution is 0.102. The van der Waals surface area contributed by atoms with E-state index in [1.807, 2.05) is 24.3 Å². The molecule has 0 fully saturated rings. The number of urea groups is 1. The Kier molecular flexibility index (Phi) is 4.91. The first-order valence-corrected chi connectivity index (χ1v) is 8.54. The van der Waals surface area contributed by atoms with Crippen LogP contribution in [0.1, 0.15) is 41.4 Å². The van der Waals surface area contributed by atoms with E-state index in [1.165, 1.54) is 5.56 Å². The Labute approximate surface area is 151 Å². The highest BCUT2D eigenvalue weighted by Gasteiger charge is 2.31. The Morgan fingerprint density at radius 3 is 2.32 bits per heavy atom. The molecule has 0 bridgehead atoms. The number of nitrogens with one attached hydrogen (secondary N) is 2. The molecule has 0 radical (unpaired) electrons. The van der Waals surface area contributed by atoms with Crippen molar-refractivity contribution in [3.8, 4) is 0 Å². The number of allylic oxidation sites excluding steroid dienone is 1. The number of rotatable bonds is 4. The molecule has 2 aromatic carbocycles. The average molecular weight is 355 g/mol. The molecular weight excluding hydrogens is 336 g/mol. The van der Waals surface area contributed by atoms with E-state index >= 15 is 0 Å². The monoisotopic (exact) mass is 354 g/mol. The van der Waals surface area contributed by atoms with Gasteiger partial charge in [-0.05, 0) is 48.7 Å². The summed E-state index contributed by atoms with van der Waals surface area (Å²) in [6, 6.07) is 13.9. The maximum Gasteiger partial charge on any atom is 0.319 e. The number of Topliss-reactive ketones (excluding diaryl/α,β-unsaturated/α-hetero) is 1. The molecule has 3 rings (SSSR count). The van der Waals surface area contributed by atoms with E-state index in [2.05, 4.69) is 17.6 Å². The third-order valence-corrected chi connectivity index (χ3v) is 4.59. The number of benzene rings is 2. The first-order chi connectivity index (χ1) is 12.0. The second-order valence-electron chi connectivity index (χ2n) is 6.00. The molecule has 25 heavy (non-hydrogen) atoms. The minimum Gasteiger partial charge on any atom is -0.327 e. The van der Waals surface area contributed by atoms with Crippen molar-refractivity contribution in [3.05, 3.63) is 81.5 Å². The normalized spacial score (nSPS) is 17.1. The predicted molar refractivity (Wildman–Crippen MR) is 98.7 cm³/mol. The first-order valence-electron chi connectivity index (χ1n) is 8.17. The zero-order chi connectivity index (χ0) is 18.0. The lowest BCUT2D eigenvalue weighted by atomic mass is 9.89. The number of amides is 2. The Bertz CT molecular complexity index is 839. The third-order valence-electron chi connectivity index (χ3n) is 4.34. The maximum absolute atomic E-state index is 13.0. The minimum atomic E-state index is -0.483. The van der Waals surface area contributed by atoms with E-state index in [0.29, 0.717) is 21.9 Å². The summed E-state index contributed by atoms with van der Waals surface area (Å²) in [5, 5.41) is 6.13. The summed E-state index contributed by atoms with van der Waals surface area (Å²) in [6.07, 6.45) is 0.935. The molecule has 1 aliphatic rings. The van der Waals surface area contributed by atoms with Gasteiger partial charge in [0.1, 0.15) is 0 Å². The number of carbonyl (C=O) groups is 2. The van der Waals surface area contributed by atoms with E-state index in [0.717, 1.165) is 12.0 Å². The number of hydrogen-bond acceptors (Lipinski definition) is 2. The molecule has 2 N–H and O–H groups in total. The summed E-state index contributed by atoms with van der Waals surface area (Å²) in [5.41, 5.74) is 3.71. The number of ketones is 1. The van der Waals surface area contributed by atoms with Gasteiger partial charge in [-0.1, -0.05) is 42.8 Å². The van der Waals surface area contributed by atoms with Crippen molar-refractivity contribution >= 4 is 23.4 Å². The van der Waals surface area contributed by atoms with Gasteiger partial charge < -0.3 is 10.6 Å². The first kappa shape index (κ1) is 17.2. The van der Waals surface area contributed by atoms with Gasteiger partial charge in [0, 0.05) is 21.9 Å². The van der Waals surface area contributed by atoms with Crippen LogP contribution in [0.25, 0.3) is 0 Å². The van der Waals surface area contributed by atoms with Crippen molar-refractivity contribution in [3.63, 3.8) is 0 Å². The van der Waals surface area contributed by atoms with Crippen LogP contribution in [-0.2, 0) is 6.42 Å². The molecule has 1 heterocycles. The standard InChI is InChI=1S/C20H19ClN2O2/c1-3-13-4-6-14(7-5-13)18-17(12(2)22-20(25)23-18)19(24)15-8-10-16(21)11-9-15/h4-11,18H,3H2,1-2H3,(H2,22,23,25)/t18-/m1/s1. The highest BCUT2D eigenvalue weighted by Crippen LogP contribution is 2.30. The van der Waals surface area contributed by atoms with Crippen LogP contribution in [0.3, 0.4) is 0 Å². The summed E-state index contributed by atoms with van der Waals surface area (Å²) in [5.74, 6) is -0.133. The molecular formula is C20H19ClN2O2. The van der Waals surface area contributed by atoms with Crippen molar-refractivity contribution in [1.29, 1.82) is 0 Å². The quantitative estimate of drug-likeness (QED) is 0.799. The molecule has 0 unspecified atom stereocenters. The maximum atomic E-state index is 13.0. The van der Waals surface area contributed by atoms with Crippen molar-refractivity contribution < 1.29 is 9.59 Å². The number of aryl methyl sites for hydroxylation is 1. The molecule has 4 nitrogen and oxygen atoms in total. The largest absolute Gasteiger partial charge is 0.327 e. The third kappa shape index (κ3) is 3.59. The van der Waals surface area contributed by atoms with E-state index in [1.54, 1.807) is 31.2 Å². The zero-order valence-electron chi connectivity index (χ0n) is 14.1. The predicted octanol–water partition coefficient (Wildman–Crippen LogP) is 4.41. The molecule has 1 aliphatic heterocycles. The fourth-order valence-corrected chi connectivity index (χ4v) is 3.07. The molecule has 2 aromatic rings. The molecule has 0 aliphatic carbocycles. The van der Waals surface area contributed by atoms with Crippen molar-refractivity contribution in [1.82, 2.24) is 10.6 Å². The Balaban J connectivity index is 2.02. The van der Waals surface area contributed by atoms with Crippen LogP contribution in [0, 0.1) is 0 Å². The Morgan fingerprint density at radius 2 is 1.72 bits per heavy atom. The molecule has 2 amide bonds. The Morgan fingerprint density at radius 1 is 1.08 bits per heavy atom. The highest BCUT2D eigenvalue weighted by atomic mass is 35.5. The summed E-state index contributed by atoms with van der Waals surface area (Å²) >= 11 is 5.91. The van der Waals surface area contributed by atoms with Crippen LogP contribution in [-0.4, -0.2) is 11.8 Å². The lowest BCUT2D eigenvalue weighted by Crippen LogP contribution is -2.45. The second-order valence-corrected chi connectivity index (χ2v) is 6.44.